The van der Waals surface area contributed by atoms with Crippen LogP contribution in [0.15, 0.2) is 24.3 Å². The van der Waals surface area contributed by atoms with E-state index in [1.165, 1.54) is 0 Å². The van der Waals surface area contributed by atoms with Gasteiger partial charge in [-0.3, -0.25) is 9.59 Å². The summed E-state index contributed by atoms with van der Waals surface area (Å²) in [5.74, 6) is -1.33. The topological polar surface area (TPSA) is 57.6 Å². The third kappa shape index (κ3) is 2.80. The lowest BCUT2D eigenvalue weighted by atomic mass is 9.83. The average molecular weight is 296 g/mol. The number of halogens is 1. The fraction of sp³-hybridized carbons (Fsp3) is 0.467. The second-order valence-corrected chi connectivity index (χ2v) is 6.15. The minimum absolute atomic E-state index is 0.0523. The molecule has 1 heterocycles. The quantitative estimate of drug-likeness (QED) is 0.932. The summed E-state index contributed by atoms with van der Waals surface area (Å²) in [6, 6.07) is 7.23. The van der Waals surface area contributed by atoms with Crippen molar-refractivity contribution in [3.8, 4) is 0 Å². The Morgan fingerprint density at radius 2 is 2.10 bits per heavy atom. The van der Waals surface area contributed by atoms with Crippen LogP contribution in [0.4, 0.5) is 0 Å². The lowest BCUT2D eigenvalue weighted by molar-refractivity contribution is -0.141. The Kier molecular flexibility index (Phi) is 4.04. The van der Waals surface area contributed by atoms with Crippen LogP contribution >= 0.6 is 11.6 Å². The van der Waals surface area contributed by atoms with Gasteiger partial charge in [-0.15, -0.1) is 0 Å². The number of carboxylic acids is 1. The van der Waals surface area contributed by atoms with Gasteiger partial charge in [0, 0.05) is 18.1 Å². The lowest BCUT2D eigenvalue weighted by Gasteiger charge is -2.29. The first-order valence-corrected chi connectivity index (χ1v) is 6.98. The van der Waals surface area contributed by atoms with Crippen LogP contribution in [-0.4, -0.2) is 35.0 Å². The summed E-state index contributed by atoms with van der Waals surface area (Å²) in [5, 5.41) is 9.60. The minimum Gasteiger partial charge on any atom is -0.481 e. The molecule has 1 amide bonds. The smallest absolute Gasteiger partial charge is 0.308 e. The molecule has 0 aliphatic carbocycles. The number of likely N-dealkylation sites (tertiary alicyclic amines) is 1. The predicted molar refractivity (Wildman–Crippen MR) is 76.8 cm³/mol. The molecule has 1 fully saturated rings. The Hall–Kier alpha value is -1.55. The van der Waals surface area contributed by atoms with Crippen molar-refractivity contribution < 1.29 is 14.7 Å². The molecule has 0 radical (unpaired) electrons. The Bertz CT molecular complexity index is 542. The predicted octanol–water partition coefficient (Wildman–Crippen LogP) is 2.55. The van der Waals surface area contributed by atoms with Gasteiger partial charge in [0.15, 0.2) is 0 Å². The Balaban J connectivity index is 2.18. The molecule has 5 heteroatoms. The van der Waals surface area contributed by atoms with Gasteiger partial charge in [-0.05, 0) is 38.0 Å². The molecule has 108 valence electrons. The molecule has 20 heavy (non-hydrogen) atoms. The van der Waals surface area contributed by atoms with Crippen LogP contribution in [-0.2, 0) is 15.0 Å². The van der Waals surface area contributed by atoms with Gasteiger partial charge in [-0.1, -0.05) is 23.7 Å². The summed E-state index contributed by atoms with van der Waals surface area (Å²) in [5.41, 5.74) is 0.131. The highest BCUT2D eigenvalue weighted by molar-refractivity contribution is 6.30. The van der Waals surface area contributed by atoms with Crippen LogP contribution in [0.3, 0.4) is 0 Å². The molecule has 0 unspecified atom stereocenters. The normalized spacial score (nSPS) is 19.1. The van der Waals surface area contributed by atoms with Gasteiger partial charge in [-0.25, -0.2) is 0 Å². The van der Waals surface area contributed by atoms with E-state index in [1.54, 1.807) is 17.0 Å². The van der Waals surface area contributed by atoms with Gasteiger partial charge in [0.05, 0.1) is 11.3 Å². The number of rotatable bonds is 3. The molecule has 0 aromatic heterocycles. The monoisotopic (exact) mass is 295 g/mol. The molecule has 1 N–H and O–H groups in total. The maximum atomic E-state index is 12.6. The van der Waals surface area contributed by atoms with Crippen molar-refractivity contribution in [2.45, 2.75) is 25.7 Å². The van der Waals surface area contributed by atoms with Crippen molar-refractivity contribution in [2.24, 2.45) is 5.92 Å². The molecule has 1 aliphatic rings. The molecular weight excluding hydrogens is 278 g/mol. The first kappa shape index (κ1) is 14.9. The van der Waals surface area contributed by atoms with Crippen LogP contribution in [0.25, 0.3) is 0 Å². The molecule has 0 spiro atoms. The van der Waals surface area contributed by atoms with Gasteiger partial charge >= 0.3 is 5.97 Å². The van der Waals surface area contributed by atoms with Gasteiger partial charge in [0.1, 0.15) is 0 Å². The second-order valence-electron chi connectivity index (χ2n) is 5.71. The maximum absolute atomic E-state index is 12.6. The van der Waals surface area contributed by atoms with E-state index in [-0.39, 0.29) is 12.5 Å². The van der Waals surface area contributed by atoms with Gasteiger partial charge < -0.3 is 10.0 Å². The molecule has 1 saturated heterocycles. The molecule has 0 saturated carbocycles. The van der Waals surface area contributed by atoms with Crippen molar-refractivity contribution in [2.75, 3.05) is 13.1 Å². The minimum atomic E-state index is -0.833. The first-order chi connectivity index (χ1) is 9.32. The van der Waals surface area contributed by atoms with E-state index < -0.39 is 17.3 Å². The number of nitrogens with zero attached hydrogens (tertiary/aromatic N) is 1. The summed E-state index contributed by atoms with van der Waals surface area (Å²) >= 11 is 5.98. The molecular formula is C15H18ClNO3. The van der Waals surface area contributed by atoms with Crippen molar-refractivity contribution in [1.82, 2.24) is 4.90 Å². The third-order valence-corrected chi connectivity index (χ3v) is 4.14. The van der Waals surface area contributed by atoms with Crippen molar-refractivity contribution in [3.05, 3.63) is 34.9 Å². The summed E-state index contributed by atoms with van der Waals surface area (Å²) in [4.78, 5) is 25.3. The highest BCUT2D eigenvalue weighted by Gasteiger charge is 2.38. The average Bonchev–Trinajstić information content (AvgIpc) is 2.87. The van der Waals surface area contributed by atoms with Crippen LogP contribution in [0, 0.1) is 5.92 Å². The number of aliphatic carboxylic acids is 1. The highest BCUT2D eigenvalue weighted by Crippen LogP contribution is 2.30. The third-order valence-electron chi connectivity index (χ3n) is 3.91. The Labute approximate surface area is 123 Å². The molecule has 4 nitrogen and oxygen atoms in total. The van der Waals surface area contributed by atoms with Crippen molar-refractivity contribution >= 4 is 23.5 Å². The van der Waals surface area contributed by atoms with Crippen molar-refractivity contribution in [1.29, 1.82) is 0 Å². The van der Waals surface area contributed by atoms with E-state index in [4.69, 9.17) is 16.7 Å². The number of carbonyl (C=O) groups excluding carboxylic acids is 1. The van der Waals surface area contributed by atoms with Crippen LogP contribution < -0.4 is 0 Å². The van der Waals surface area contributed by atoms with E-state index in [2.05, 4.69) is 0 Å². The standard InChI is InChI=1S/C15H18ClNO3/c1-15(2,11-4-3-5-12(16)8-11)14(20)17-7-6-10(9-17)13(18)19/h3-5,8,10H,6-7,9H2,1-2H3,(H,18,19)/t10-/m1/s1. The number of benzene rings is 1. The number of hydrogen-bond donors (Lipinski definition) is 1. The van der Waals surface area contributed by atoms with Crippen LogP contribution in [0.5, 0.6) is 0 Å². The van der Waals surface area contributed by atoms with Gasteiger partial charge in [-0.2, -0.15) is 0 Å². The summed E-state index contributed by atoms with van der Waals surface area (Å²) in [6.45, 7) is 4.47. The van der Waals surface area contributed by atoms with Gasteiger partial charge in [0.25, 0.3) is 0 Å². The fourth-order valence-electron chi connectivity index (χ4n) is 2.54. The van der Waals surface area contributed by atoms with Crippen LogP contribution in [0.2, 0.25) is 5.02 Å². The highest BCUT2D eigenvalue weighted by atomic mass is 35.5. The Morgan fingerprint density at radius 1 is 1.40 bits per heavy atom. The molecule has 2 rings (SSSR count). The summed E-state index contributed by atoms with van der Waals surface area (Å²) in [7, 11) is 0. The SMILES string of the molecule is CC(C)(C(=O)N1CC[C@@H](C(=O)O)C1)c1cccc(Cl)c1. The second kappa shape index (κ2) is 5.44. The first-order valence-electron chi connectivity index (χ1n) is 6.60. The zero-order valence-corrected chi connectivity index (χ0v) is 12.4. The maximum Gasteiger partial charge on any atom is 0.308 e. The molecule has 1 aromatic rings. The number of amides is 1. The zero-order valence-electron chi connectivity index (χ0n) is 11.6. The molecule has 1 atom stereocenters. The zero-order chi connectivity index (χ0) is 14.9. The van der Waals surface area contributed by atoms with E-state index >= 15 is 0 Å². The fourth-order valence-corrected chi connectivity index (χ4v) is 2.73. The lowest BCUT2D eigenvalue weighted by Crippen LogP contribution is -2.42. The van der Waals surface area contributed by atoms with E-state index in [0.717, 1.165) is 5.56 Å². The largest absolute Gasteiger partial charge is 0.481 e. The molecule has 0 bridgehead atoms. The summed E-state index contributed by atoms with van der Waals surface area (Å²) < 4.78 is 0. The Morgan fingerprint density at radius 3 is 2.65 bits per heavy atom. The molecule has 1 aliphatic heterocycles. The summed E-state index contributed by atoms with van der Waals surface area (Å²) in [6.07, 6.45) is 0.521. The number of carbonyl (C=O) groups is 2. The van der Waals surface area contributed by atoms with Gasteiger partial charge in [0.2, 0.25) is 5.91 Å². The van der Waals surface area contributed by atoms with Crippen LogP contribution in [0.1, 0.15) is 25.8 Å². The van der Waals surface area contributed by atoms with E-state index in [1.807, 2.05) is 26.0 Å². The van der Waals surface area contributed by atoms with E-state index in [0.29, 0.717) is 18.0 Å². The number of carboxylic acid groups (broad SMARTS) is 1. The van der Waals surface area contributed by atoms with E-state index in [9.17, 15) is 9.59 Å². The van der Waals surface area contributed by atoms with Crippen molar-refractivity contribution in [3.63, 3.8) is 0 Å². The molecule has 1 aromatic carbocycles. The number of hydrogen-bond acceptors (Lipinski definition) is 2.